The predicted octanol–water partition coefficient (Wildman–Crippen LogP) is 4.23. The summed E-state index contributed by atoms with van der Waals surface area (Å²) in [6.45, 7) is 0.256. The number of benzene rings is 2. The first-order valence-corrected chi connectivity index (χ1v) is 10.4. The van der Waals surface area contributed by atoms with Crippen molar-refractivity contribution in [1.82, 2.24) is 14.9 Å². The van der Waals surface area contributed by atoms with Crippen molar-refractivity contribution in [2.75, 3.05) is 32.1 Å². The number of halogens is 2. The van der Waals surface area contributed by atoms with E-state index in [1.165, 1.54) is 24.3 Å². The van der Waals surface area contributed by atoms with Crippen molar-refractivity contribution in [1.29, 1.82) is 0 Å². The minimum atomic E-state index is -0.516. The van der Waals surface area contributed by atoms with Gasteiger partial charge in [-0.2, -0.15) is 0 Å². The fourth-order valence-corrected chi connectivity index (χ4v) is 3.87. The molecule has 1 aliphatic heterocycles. The van der Waals surface area contributed by atoms with Gasteiger partial charge in [-0.1, -0.05) is 24.3 Å². The van der Waals surface area contributed by atoms with Gasteiger partial charge in [-0.05, 0) is 42.7 Å². The van der Waals surface area contributed by atoms with Gasteiger partial charge in [0.2, 0.25) is 5.95 Å². The highest BCUT2D eigenvalue weighted by molar-refractivity contribution is 5.79. The van der Waals surface area contributed by atoms with Crippen molar-refractivity contribution >= 4 is 11.9 Å². The molecule has 0 aliphatic carbocycles. The smallest absolute Gasteiger partial charge is 0.261 e. The molecule has 0 N–H and O–H groups in total. The lowest BCUT2D eigenvalue weighted by atomic mass is 9.99. The zero-order valence-electron chi connectivity index (χ0n) is 18.0. The molecule has 2 aromatic carbocycles. The summed E-state index contributed by atoms with van der Waals surface area (Å²) in [4.78, 5) is 25.6. The van der Waals surface area contributed by atoms with Gasteiger partial charge >= 0.3 is 0 Å². The Kier molecular flexibility index (Phi) is 6.30. The molecule has 0 unspecified atom stereocenters. The molecular weight excluding hydrogens is 414 g/mol. The molecule has 1 amide bonds. The second kappa shape index (κ2) is 9.30. The Morgan fingerprint density at radius 1 is 1.19 bits per heavy atom. The summed E-state index contributed by atoms with van der Waals surface area (Å²) in [5.41, 5.74) is 1.98. The Labute approximate surface area is 185 Å². The normalized spacial score (nSPS) is 15.6. The van der Waals surface area contributed by atoms with Crippen LogP contribution in [0.15, 0.2) is 54.7 Å². The van der Waals surface area contributed by atoms with Crippen LogP contribution in [0.3, 0.4) is 0 Å². The number of carbonyl (C=O) groups excluding carboxylic acids is 1. The summed E-state index contributed by atoms with van der Waals surface area (Å²) in [5, 5.41) is 0. The lowest BCUT2D eigenvalue weighted by Crippen LogP contribution is -2.35. The summed E-state index contributed by atoms with van der Waals surface area (Å²) < 4.78 is 33.2. The van der Waals surface area contributed by atoms with Crippen LogP contribution in [0.1, 0.15) is 24.6 Å². The van der Waals surface area contributed by atoms with Crippen molar-refractivity contribution in [2.24, 2.45) is 0 Å². The second-order valence-electron chi connectivity index (χ2n) is 7.84. The molecule has 1 atom stereocenters. The van der Waals surface area contributed by atoms with Gasteiger partial charge < -0.3 is 14.5 Å². The van der Waals surface area contributed by atoms with Gasteiger partial charge in [0.05, 0.1) is 11.7 Å². The minimum absolute atomic E-state index is 0.0361. The van der Waals surface area contributed by atoms with E-state index in [4.69, 9.17) is 9.72 Å². The summed E-state index contributed by atoms with van der Waals surface area (Å²) >= 11 is 0. The van der Waals surface area contributed by atoms with E-state index in [9.17, 15) is 13.6 Å². The number of rotatable bonds is 6. The number of likely N-dealkylation sites (tertiary alicyclic amines) is 1. The van der Waals surface area contributed by atoms with Crippen molar-refractivity contribution in [3.8, 4) is 16.9 Å². The first-order chi connectivity index (χ1) is 15.4. The molecule has 4 rings (SSSR count). The quantitative estimate of drug-likeness (QED) is 0.577. The van der Waals surface area contributed by atoms with Crippen LogP contribution in [0.25, 0.3) is 11.1 Å². The minimum Gasteiger partial charge on any atom is -0.481 e. The Bertz CT molecular complexity index is 1120. The Balaban J connectivity index is 1.64. The number of aromatic nitrogens is 2. The van der Waals surface area contributed by atoms with Crippen molar-refractivity contribution in [2.45, 2.75) is 18.9 Å². The Morgan fingerprint density at radius 3 is 2.75 bits per heavy atom. The van der Waals surface area contributed by atoms with Crippen LogP contribution in [0.5, 0.6) is 5.75 Å². The summed E-state index contributed by atoms with van der Waals surface area (Å²) in [7, 11) is 3.67. The topological polar surface area (TPSA) is 58.6 Å². The number of para-hydroxylation sites is 1. The molecule has 0 bridgehead atoms. The fraction of sp³-hybridized carbons (Fsp3) is 0.292. The molecule has 32 heavy (non-hydrogen) atoms. The molecule has 1 aromatic heterocycles. The molecule has 6 nitrogen and oxygen atoms in total. The van der Waals surface area contributed by atoms with Crippen LogP contribution in [-0.4, -0.2) is 48.0 Å². The standard InChI is InChI=1S/C24H24F2N4O2/c1-29(2)24-27-14-18(16-7-5-8-17(25)13-16)23(28-24)20-10-6-12-30(20)22(31)15-32-21-11-4-3-9-19(21)26/h3-5,7-9,11,13-14,20H,6,10,12,15H2,1-2H3/t20-/m1/s1. The number of carbonyl (C=O) groups is 1. The average molecular weight is 438 g/mol. The molecule has 1 aliphatic rings. The highest BCUT2D eigenvalue weighted by Crippen LogP contribution is 2.37. The van der Waals surface area contributed by atoms with Crippen LogP contribution in [0.4, 0.5) is 14.7 Å². The maximum Gasteiger partial charge on any atom is 0.261 e. The lowest BCUT2D eigenvalue weighted by molar-refractivity contribution is -0.134. The number of amides is 1. The fourth-order valence-electron chi connectivity index (χ4n) is 3.87. The van der Waals surface area contributed by atoms with Gasteiger partial charge in [-0.25, -0.2) is 18.7 Å². The number of hydrogen-bond donors (Lipinski definition) is 0. The highest BCUT2D eigenvalue weighted by Gasteiger charge is 2.33. The third-order valence-corrected chi connectivity index (χ3v) is 5.42. The molecule has 2 heterocycles. The molecule has 0 spiro atoms. The third kappa shape index (κ3) is 4.54. The van der Waals surface area contributed by atoms with Gasteiger partial charge in [0.15, 0.2) is 18.2 Å². The van der Waals surface area contributed by atoms with E-state index in [0.29, 0.717) is 35.7 Å². The number of ether oxygens (including phenoxy) is 1. The molecule has 8 heteroatoms. The maximum atomic E-state index is 13.9. The van der Waals surface area contributed by atoms with E-state index in [2.05, 4.69) is 4.98 Å². The van der Waals surface area contributed by atoms with E-state index in [1.54, 1.807) is 40.3 Å². The molecule has 1 fully saturated rings. The molecule has 3 aromatic rings. The van der Waals surface area contributed by atoms with E-state index in [0.717, 1.165) is 6.42 Å². The van der Waals surface area contributed by atoms with Crippen LogP contribution in [0.2, 0.25) is 0 Å². The molecule has 166 valence electrons. The summed E-state index contributed by atoms with van der Waals surface area (Å²) in [6.07, 6.45) is 3.17. The zero-order valence-corrected chi connectivity index (χ0v) is 18.0. The molecule has 0 radical (unpaired) electrons. The van der Waals surface area contributed by atoms with Crippen LogP contribution in [-0.2, 0) is 4.79 Å². The van der Waals surface area contributed by atoms with Gasteiger partial charge in [0, 0.05) is 32.4 Å². The largest absolute Gasteiger partial charge is 0.481 e. The molecule has 0 saturated carbocycles. The lowest BCUT2D eigenvalue weighted by Gasteiger charge is -2.27. The number of anilines is 1. The third-order valence-electron chi connectivity index (χ3n) is 5.42. The van der Waals surface area contributed by atoms with Crippen molar-refractivity contribution in [3.63, 3.8) is 0 Å². The SMILES string of the molecule is CN(C)c1ncc(-c2cccc(F)c2)c([C@H]2CCCN2C(=O)COc2ccccc2F)n1. The van der Waals surface area contributed by atoms with E-state index in [1.807, 2.05) is 14.1 Å². The van der Waals surface area contributed by atoms with Gasteiger partial charge in [0.25, 0.3) is 5.91 Å². The second-order valence-corrected chi connectivity index (χ2v) is 7.84. The Hall–Kier alpha value is -3.55. The van der Waals surface area contributed by atoms with E-state index < -0.39 is 5.82 Å². The highest BCUT2D eigenvalue weighted by atomic mass is 19.1. The van der Waals surface area contributed by atoms with Crippen molar-refractivity contribution < 1.29 is 18.3 Å². The molecule has 1 saturated heterocycles. The van der Waals surface area contributed by atoms with Gasteiger partial charge in [0.1, 0.15) is 5.82 Å². The van der Waals surface area contributed by atoms with Gasteiger partial charge in [-0.15, -0.1) is 0 Å². The molecular formula is C24H24F2N4O2. The van der Waals surface area contributed by atoms with E-state index >= 15 is 0 Å². The summed E-state index contributed by atoms with van der Waals surface area (Å²) in [6, 6.07) is 11.9. The van der Waals surface area contributed by atoms with Crippen LogP contribution < -0.4 is 9.64 Å². The first kappa shape index (κ1) is 21.7. The Morgan fingerprint density at radius 2 is 2.00 bits per heavy atom. The van der Waals surface area contributed by atoms with Crippen molar-refractivity contribution in [3.05, 3.63) is 72.1 Å². The maximum absolute atomic E-state index is 13.9. The summed E-state index contributed by atoms with van der Waals surface area (Å²) in [5.74, 6) is -0.595. The average Bonchev–Trinajstić information content (AvgIpc) is 3.28. The monoisotopic (exact) mass is 438 g/mol. The number of hydrogen-bond acceptors (Lipinski definition) is 5. The number of nitrogens with zero attached hydrogens (tertiary/aromatic N) is 4. The van der Waals surface area contributed by atoms with Gasteiger partial charge in [-0.3, -0.25) is 4.79 Å². The van der Waals surface area contributed by atoms with E-state index in [-0.39, 0.29) is 30.1 Å². The zero-order chi connectivity index (χ0) is 22.7. The predicted molar refractivity (Wildman–Crippen MR) is 117 cm³/mol. The van der Waals surface area contributed by atoms with Crippen LogP contribution >= 0.6 is 0 Å². The first-order valence-electron chi connectivity index (χ1n) is 10.4. The van der Waals surface area contributed by atoms with Crippen LogP contribution in [0, 0.1) is 11.6 Å².